The molecule has 28 heavy (non-hydrogen) atoms. The molecule has 0 saturated carbocycles. The van der Waals surface area contributed by atoms with Crippen LogP contribution in [0.15, 0.2) is 77.6 Å². The Hall–Kier alpha value is -3.09. The highest BCUT2D eigenvalue weighted by Crippen LogP contribution is 2.38. The maximum atomic E-state index is 4.86. The van der Waals surface area contributed by atoms with E-state index < -0.39 is 0 Å². The molecule has 0 radical (unpaired) electrons. The molecule has 0 aliphatic carbocycles. The first-order valence-corrected chi connectivity index (χ1v) is 10.7. The van der Waals surface area contributed by atoms with Crippen LogP contribution in [0.4, 0.5) is 5.82 Å². The average molecular weight is 401 g/mol. The van der Waals surface area contributed by atoms with Gasteiger partial charge in [0.05, 0.1) is 11.9 Å². The number of fused-ring (bicyclic) bond motifs is 1. The van der Waals surface area contributed by atoms with E-state index in [4.69, 9.17) is 9.97 Å². The van der Waals surface area contributed by atoms with E-state index >= 15 is 0 Å². The molecule has 0 saturated heterocycles. The van der Waals surface area contributed by atoms with Gasteiger partial charge in [0.1, 0.15) is 16.3 Å². The molecule has 5 aromatic rings. The summed E-state index contributed by atoms with van der Waals surface area (Å²) in [4.78, 5) is 16.3. The number of pyridine rings is 1. The summed E-state index contributed by atoms with van der Waals surface area (Å²) in [6.07, 6.45) is 1.77. The molecule has 0 aliphatic rings. The molecule has 0 atom stereocenters. The molecule has 0 spiro atoms. The monoisotopic (exact) mass is 400 g/mol. The Bertz CT molecular complexity index is 1200. The third-order valence-electron chi connectivity index (χ3n) is 4.42. The van der Waals surface area contributed by atoms with E-state index in [9.17, 15) is 0 Å². The molecular weight excluding hydrogens is 384 g/mol. The maximum Gasteiger partial charge on any atom is 0.181 e. The summed E-state index contributed by atoms with van der Waals surface area (Å²) in [6, 6.07) is 20.4. The lowest BCUT2D eigenvalue weighted by Crippen LogP contribution is -2.03. The third kappa shape index (κ3) is 3.28. The van der Waals surface area contributed by atoms with Gasteiger partial charge in [0.2, 0.25) is 0 Å². The molecule has 4 aromatic heterocycles. The topological polar surface area (TPSA) is 50.7 Å². The van der Waals surface area contributed by atoms with Crippen molar-refractivity contribution >= 4 is 38.7 Å². The summed E-state index contributed by atoms with van der Waals surface area (Å²) in [5, 5.41) is 8.85. The zero-order valence-electron chi connectivity index (χ0n) is 14.9. The number of anilines is 1. The summed E-state index contributed by atoms with van der Waals surface area (Å²) in [5.41, 5.74) is 3.10. The van der Waals surface area contributed by atoms with Crippen LogP contribution >= 0.6 is 22.7 Å². The summed E-state index contributed by atoms with van der Waals surface area (Å²) >= 11 is 3.37. The first kappa shape index (κ1) is 17.0. The van der Waals surface area contributed by atoms with Gasteiger partial charge in [-0.15, -0.1) is 22.7 Å². The minimum Gasteiger partial charge on any atom is -0.364 e. The lowest BCUT2D eigenvalue weighted by Gasteiger charge is -2.10. The van der Waals surface area contributed by atoms with Crippen LogP contribution in [0, 0.1) is 0 Å². The Morgan fingerprint density at radius 3 is 2.54 bits per heavy atom. The number of aromatic nitrogens is 3. The van der Waals surface area contributed by atoms with Gasteiger partial charge in [-0.1, -0.05) is 42.5 Å². The van der Waals surface area contributed by atoms with Crippen molar-refractivity contribution in [2.24, 2.45) is 0 Å². The summed E-state index contributed by atoms with van der Waals surface area (Å²) < 4.78 is 0. The third-order valence-corrected chi connectivity index (χ3v) is 6.17. The number of nitrogens with one attached hydrogen (secondary N) is 1. The lowest BCUT2D eigenvalue weighted by molar-refractivity contribution is 1.12. The highest BCUT2D eigenvalue weighted by molar-refractivity contribution is 7.17. The van der Waals surface area contributed by atoms with Crippen LogP contribution in [-0.4, -0.2) is 15.0 Å². The molecule has 0 fully saturated rings. The predicted molar refractivity (Wildman–Crippen MR) is 118 cm³/mol. The van der Waals surface area contributed by atoms with E-state index in [0.29, 0.717) is 5.82 Å². The van der Waals surface area contributed by atoms with Crippen molar-refractivity contribution in [1.29, 1.82) is 0 Å². The molecule has 0 unspecified atom stereocenters. The Labute approximate surface area is 170 Å². The molecule has 1 N–H and O–H groups in total. The second-order valence-corrected chi connectivity index (χ2v) is 8.13. The van der Waals surface area contributed by atoms with Gasteiger partial charge in [-0.05, 0) is 29.1 Å². The molecule has 0 amide bonds. The lowest BCUT2D eigenvalue weighted by atomic mass is 10.1. The zero-order valence-corrected chi connectivity index (χ0v) is 16.5. The SMILES string of the molecule is c1ccc(-c2csc3nc(-c4ccccn4)nc(NCc4cccs4)c23)cc1. The summed E-state index contributed by atoms with van der Waals surface area (Å²) in [5.74, 6) is 1.49. The molecule has 4 nitrogen and oxygen atoms in total. The van der Waals surface area contributed by atoms with Crippen molar-refractivity contribution in [2.75, 3.05) is 5.32 Å². The first-order chi connectivity index (χ1) is 13.9. The van der Waals surface area contributed by atoms with Gasteiger partial charge in [0.15, 0.2) is 5.82 Å². The van der Waals surface area contributed by atoms with Crippen molar-refractivity contribution in [1.82, 2.24) is 15.0 Å². The van der Waals surface area contributed by atoms with Gasteiger partial charge in [-0.3, -0.25) is 4.98 Å². The van der Waals surface area contributed by atoms with Gasteiger partial charge in [0.25, 0.3) is 0 Å². The second kappa shape index (κ2) is 7.50. The molecule has 0 bridgehead atoms. The van der Waals surface area contributed by atoms with E-state index in [-0.39, 0.29) is 0 Å². The van der Waals surface area contributed by atoms with Crippen LogP contribution < -0.4 is 5.32 Å². The first-order valence-electron chi connectivity index (χ1n) is 8.91. The van der Waals surface area contributed by atoms with E-state index in [1.807, 2.05) is 24.3 Å². The molecule has 5 rings (SSSR count). The Morgan fingerprint density at radius 2 is 1.75 bits per heavy atom. The normalized spacial score (nSPS) is 11.0. The van der Waals surface area contributed by atoms with E-state index in [0.717, 1.165) is 33.8 Å². The Morgan fingerprint density at radius 1 is 0.857 bits per heavy atom. The second-order valence-electron chi connectivity index (χ2n) is 6.24. The van der Waals surface area contributed by atoms with Crippen LogP contribution in [0.1, 0.15) is 4.88 Å². The van der Waals surface area contributed by atoms with Crippen LogP contribution in [0.25, 0.3) is 32.9 Å². The molecule has 4 heterocycles. The van der Waals surface area contributed by atoms with Crippen molar-refractivity contribution in [3.8, 4) is 22.6 Å². The predicted octanol–water partition coefficient (Wildman–Crippen LogP) is 6.09. The summed E-state index contributed by atoms with van der Waals surface area (Å²) in [7, 11) is 0. The number of thiophene rings is 2. The quantitative estimate of drug-likeness (QED) is 0.388. The van der Waals surface area contributed by atoms with Crippen LogP contribution in [0.2, 0.25) is 0 Å². The average Bonchev–Trinajstić information content (AvgIpc) is 3.43. The van der Waals surface area contributed by atoms with E-state index in [1.165, 1.54) is 10.4 Å². The minimum atomic E-state index is 0.642. The minimum absolute atomic E-state index is 0.642. The smallest absolute Gasteiger partial charge is 0.181 e. The van der Waals surface area contributed by atoms with Crippen LogP contribution in [0.5, 0.6) is 0 Å². The highest BCUT2D eigenvalue weighted by atomic mass is 32.1. The maximum absolute atomic E-state index is 4.86. The highest BCUT2D eigenvalue weighted by Gasteiger charge is 2.16. The van der Waals surface area contributed by atoms with Gasteiger partial charge in [-0.25, -0.2) is 9.97 Å². The van der Waals surface area contributed by atoms with Crippen molar-refractivity contribution in [3.05, 3.63) is 82.5 Å². The van der Waals surface area contributed by atoms with Crippen molar-refractivity contribution < 1.29 is 0 Å². The zero-order chi connectivity index (χ0) is 18.8. The van der Waals surface area contributed by atoms with Crippen molar-refractivity contribution in [2.45, 2.75) is 6.54 Å². The summed E-state index contributed by atoms with van der Waals surface area (Å²) in [6.45, 7) is 0.732. The Balaban J connectivity index is 1.66. The van der Waals surface area contributed by atoms with Gasteiger partial charge in [0, 0.05) is 22.0 Å². The number of benzene rings is 1. The largest absolute Gasteiger partial charge is 0.364 e. The number of hydrogen-bond donors (Lipinski definition) is 1. The fourth-order valence-electron chi connectivity index (χ4n) is 3.09. The fourth-order valence-corrected chi connectivity index (χ4v) is 4.69. The number of hydrogen-bond acceptors (Lipinski definition) is 6. The van der Waals surface area contributed by atoms with E-state index in [2.05, 4.69) is 57.5 Å². The van der Waals surface area contributed by atoms with Crippen LogP contribution in [-0.2, 0) is 6.54 Å². The Kier molecular flexibility index (Phi) is 4.56. The molecule has 6 heteroatoms. The number of nitrogens with zero attached hydrogens (tertiary/aromatic N) is 3. The number of rotatable bonds is 5. The molecular formula is C22H16N4S2. The van der Waals surface area contributed by atoms with Crippen LogP contribution in [0.3, 0.4) is 0 Å². The molecule has 136 valence electrons. The molecule has 1 aromatic carbocycles. The van der Waals surface area contributed by atoms with Crippen molar-refractivity contribution in [3.63, 3.8) is 0 Å². The molecule has 0 aliphatic heterocycles. The van der Waals surface area contributed by atoms with Gasteiger partial charge >= 0.3 is 0 Å². The van der Waals surface area contributed by atoms with Gasteiger partial charge in [-0.2, -0.15) is 0 Å². The van der Waals surface area contributed by atoms with E-state index in [1.54, 1.807) is 28.9 Å². The fraction of sp³-hybridized carbons (Fsp3) is 0.0455. The van der Waals surface area contributed by atoms with Gasteiger partial charge < -0.3 is 5.32 Å². The standard InChI is InChI=1S/C22H16N4S2/c1-2-7-15(8-3-1)17-14-28-22-19(17)21(24-13-16-9-6-12-27-16)25-20(26-22)18-10-4-5-11-23-18/h1-12,14H,13H2,(H,24,25,26).